The minimum atomic E-state index is -3.87. The number of nitrogens with zero attached hydrogens (tertiary/aromatic N) is 2. The highest BCUT2D eigenvalue weighted by Crippen LogP contribution is 2.35. The molecule has 2 aliphatic rings. The maximum atomic E-state index is 13.3. The van der Waals surface area contributed by atoms with E-state index in [1.807, 2.05) is 25.1 Å². The van der Waals surface area contributed by atoms with Crippen LogP contribution in [0.25, 0.3) is 0 Å². The van der Waals surface area contributed by atoms with Crippen LogP contribution in [0.2, 0.25) is 5.02 Å². The Hall–Kier alpha value is -2.09. The van der Waals surface area contributed by atoms with E-state index in [9.17, 15) is 13.2 Å². The molecule has 4 rings (SSSR count). The molecule has 1 saturated heterocycles. The highest BCUT2D eigenvalue weighted by atomic mass is 35.5. The number of amides is 1. The number of para-hydroxylation sites is 1. The number of benzene rings is 2. The third-order valence-corrected chi connectivity index (χ3v) is 7.41. The van der Waals surface area contributed by atoms with E-state index in [2.05, 4.69) is 0 Å². The fourth-order valence-corrected chi connectivity index (χ4v) is 5.70. The van der Waals surface area contributed by atoms with Crippen LogP contribution in [0.4, 0.5) is 5.69 Å². The lowest BCUT2D eigenvalue weighted by Crippen LogP contribution is -2.44. The minimum absolute atomic E-state index is 0.0435. The van der Waals surface area contributed by atoms with E-state index >= 15 is 0 Å². The predicted octanol–water partition coefficient (Wildman–Crippen LogP) is 2.95. The zero-order chi connectivity index (χ0) is 19.9. The number of carbonyl (C=O) groups is 1. The van der Waals surface area contributed by atoms with Crippen molar-refractivity contribution in [2.24, 2.45) is 0 Å². The third-order valence-electron chi connectivity index (χ3n) is 5.12. The molecule has 0 N–H and O–H groups in total. The number of rotatable bonds is 3. The summed E-state index contributed by atoms with van der Waals surface area (Å²) in [5.74, 6) is -0.218. The van der Waals surface area contributed by atoms with Gasteiger partial charge in [0.25, 0.3) is 15.9 Å². The first-order chi connectivity index (χ1) is 13.4. The molecule has 1 atom stereocenters. The van der Waals surface area contributed by atoms with Crippen LogP contribution in [-0.4, -0.2) is 51.6 Å². The molecule has 28 heavy (non-hydrogen) atoms. The van der Waals surface area contributed by atoms with Crippen LogP contribution in [-0.2, 0) is 21.2 Å². The van der Waals surface area contributed by atoms with Crippen molar-refractivity contribution < 1.29 is 17.9 Å². The first-order valence-electron chi connectivity index (χ1n) is 9.19. The normalized spacial score (nSPS) is 19.6. The number of morpholine rings is 1. The molecule has 1 unspecified atom stereocenters. The van der Waals surface area contributed by atoms with Crippen LogP contribution >= 0.6 is 11.6 Å². The zero-order valence-electron chi connectivity index (χ0n) is 15.5. The first-order valence-corrected chi connectivity index (χ1v) is 11.0. The summed E-state index contributed by atoms with van der Waals surface area (Å²) in [6.45, 7) is 3.69. The van der Waals surface area contributed by atoms with Gasteiger partial charge in [-0.2, -0.15) is 0 Å². The second kappa shape index (κ2) is 7.39. The van der Waals surface area contributed by atoms with E-state index in [1.165, 1.54) is 16.4 Å². The molecule has 2 aromatic rings. The molecule has 6 nitrogen and oxygen atoms in total. The van der Waals surface area contributed by atoms with Crippen LogP contribution in [0.5, 0.6) is 0 Å². The van der Waals surface area contributed by atoms with Crippen molar-refractivity contribution in [2.75, 3.05) is 30.5 Å². The molecule has 1 amide bonds. The monoisotopic (exact) mass is 420 g/mol. The van der Waals surface area contributed by atoms with Crippen molar-refractivity contribution in [2.45, 2.75) is 24.3 Å². The van der Waals surface area contributed by atoms with E-state index in [0.29, 0.717) is 43.9 Å². The van der Waals surface area contributed by atoms with Crippen molar-refractivity contribution in [3.8, 4) is 0 Å². The molecule has 0 saturated carbocycles. The first kappa shape index (κ1) is 19.2. The van der Waals surface area contributed by atoms with Crippen LogP contribution in [0.15, 0.2) is 47.4 Å². The summed E-state index contributed by atoms with van der Waals surface area (Å²) in [7, 11) is -3.87. The van der Waals surface area contributed by atoms with Gasteiger partial charge < -0.3 is 9.64 Å². The van der Waals surface area contributed by atoms with Crippen molar-refractivity contribution in [3.63, 3.8) is 0 Å². The van der Waals surface area contributed by atoms with E-state index in [-0.39, 0.29) is 21.9 Å². The Morgan fingerprint density at radius 3 is 2.75 bits per heavy atom. The van der Waals surface area contributed by atoms with Crippen LogP contribution in [0.3, 0.4) is 0 Å². The fraction of sp³-hybridized carbons (Fsp3) is 0.350. The summed E-state index contributed by atoms with van der Waals surface area (Å²) in [5.41, 5.74) is 1.96. The van der Waals surface area contributed by atoms with Gasteiger partial charge >= 0.3 is 0 Å². The minimum Gasteiger partial charge on any atom is -0.375 e. The van der Waals surface area contributed by atoms with Gasteiger partial charge in [-0.3, -0.25) is 9.10 Å². The standard InChI is InChI=1S/C20H21ClN2O4S/c1-14-13-22(10-11-27-14)20(24)16-6-7-17(21)19(12-16)28(25,26)23-9-8-15-4-2-3-5-18(15)23/h2-7,12,14H,8-11,13H2,1H3. The number of anilines is 1. The van der Waals surface area contributed by atoms with E-state index in [0.717, 1.165) is 5.56 Å². The molecule has 2 aliphatic heterocycles. The van der Waals surface area contributed by atoms with Crippen LogP contribution in [0.1, 0.15) is 22.8 Å². The highest BCUT2D eigenvalue weighted by Gasteiger charge is 2.33. The third kappa shape index (κ3) is 3.38. The summed E-state index contributed by atoms with van der Waals surface area (Å²) < 4.78 is 33.5. The van der Waals surface area contributed by atoms with Crippen LogP contribution in [0, 0.1) is 0 Å². The van der Waals surface area contributed by atoms with Gasteiger partial charge in [-0.05, 0) is 43.2 Å². The number of sulfonamides is 1. The highest BCUT2D eigenvalue weighted by molar-refractivity contribution is 7.93. The molecule has 0 bridgehead atoms. The quantitative estimate of drug-likeness (QED) is 0.765. The van der Waals surface area contributed by atoms with Gasteiger partial charge in [-0.15, -0.1) is 0 Å². The van der Waals surface area contributed by atoms with E-state index in [1.54, 1.807) is 17.0 Å². The smallest absolute Gasteiger partial charge is 0.265 e. The number of hydrogen-bond acceptors (Lipinski definition) is 4. The van der Waals surface area contributed by atoms with Crippen molar-refractivity contribution in [1.82, 2.24) is 4.90 Å². The molecule has 2 heterocycles. The van der Waals surface area contributed by atoms with Gasteiger partial charge in [0.2, 0.25) is 0 Å². The van der Waals surface area contributed by atoms with Crippen molar-refractivity contribution in [3.05, 3.63) is 58.6 Å². The summed E-state index contributed by atoms with van der Waals surface area (Å²) >= 11 is 6.25. The maximum Gasteiger partial charge on any atom is 0.265 e. The number of halogens is 1. The number of hydrogen-bond donors (Lipinski definition) is 0. The molecule has 0 radical (unpaired) electrons. The van der Waals surface area contributed by atoms with Gasteiger partial charge in [0.05, 0.1) is 23.4 Å². The topological polar surface area (TPSA) is 66.9 Å². The van der Waals surface area contributed by atoms with Gasteiger partial charge in [-0.1, -0.05) is 29.8 Å². The lowest BCUT2D eigenvalue weighted by atomic mass is 10.2. The SMILES string of the molecule is CC1CN(C(=O)c2ccc(Cl)c(S(=O)(=O)N3CCc4ccccc43)c2)CCO1. The average Bonchev–Trinajstić information content (AvgIpc) is 3.12. The molecule has 0 spiro atoms. The van der Waals surface area contributed by atoms with E-state index < -0.39 is 10.0 Å². The predicted molar refractivity (Wildman–Crippen MR) is 107 cm³/mol. The second-order valence-corrected chi connectivity index (χ2v) is 9.27. The van der Waals surface area contributed by atoms with Gasteiger partial charge in [-0.25, -0.2) is 8.42 Å². The van der Waals surface area contributed by atoms with Gasteiger partial charge in [0.15, 0.2) is 0 Å². The molecule has 1 fully saturated rings. The number of carbonyl (C=O) groups excluding carboxylic acids is 1. The Labute approximate surface area is 169 Å². The maximum absolute atomic E-state index is 13.3. The van der Waals surface area contributed by atoms with E-state index in [4.69, 9.17) is 16.3 Å². The lowest BCUT2D eigenvalue weighted by Gasteiger charge is -2.31. The fourth-order valence-electron chi connectivity index (χ4n) is 3.70. The van der Waals surface area contributed by atoms with Gasteiger partial charge in [0, 0.05) is 25.2 Å². The van der Waals surface area contributed by atoms with Crippen LogP contribution < -0.4 is 4.31 Å². The summed E-state index contributed by atoms with van der Waals surface area (Å²) in [4.78, 5) is 14.5. The summed E-state index contributed by atoms with van der Waals surface area (Å²) in [5, 5.41) is 0.108. The number of fused-ring (bicyclic) bond motifs is 1. The Morgan fingerprint density at radius 1 is 1.18 bits per heavy atom. The summed E-state index contributed by atoms with van der Waals surface area (Å²) in [6, 6.07) is 11.9. The van der Waals surface area contributed by atoms with Gasteiger partial charge in [0.1, 0.15) is 4.90 Å². The number of ether oxygens (including phenoxy) is 1. The molecule has 2 aromatic carbocycles. The van der Waals surface area contributed by atoms with Crippen molar-refractivity contribution in [1.29, 1.82) is 0 Å². The zero-order valence-corrected chi connectivity index (χ0v) is 17.0. The largest absolute Gasteiger partial charge is 0.375 e. The molecule has 0 aromatic heterocycles. The second-order valence-electron chi connectivity index (χ2n) is 7.03. The Morgan fingerprint density at radius 2 is 1.96 bits per heavy atom. The molecular formula is C20H21ClN2O4S. The average molecular weight is 421 g/mol. The molecular weight excluding hydrogens is 400 g/mol. The molecule has 148 valence electrons. The Balaban J connectivity index is 1.68. The Kier molecular flexibility index (Phi) is 5.07. The molecule has 8 heteroatoms. The molecule has 0 aliphatic carbocycles. The lowest BCUT2D eigenvalue weighted by molar-refractivity contribution is -0.0124. The summed E-state index contributed by atoms with van der Waals surface area (Å²) in [6.07, 6.45) is 0.603. The van der Waals surface area contributed by atoms with Crippen molar-refractivity contribution >= 4 is 33.2 Å². The Bertz CT molecular complexity index is 1020.